The molecule has 4 rings (SSSR count). The van der Waals surface area contributed by atoms with E-state index in [2.05, 4.69) is 4.98 Å². The number of carbonyl (C=O) groups excluding carboxylic acids is 1. The molecular formula is C28H28F3N6O7S-. The Labute approximate surface area is 258 Å². The van der Waals surface area contributed by atoms with Crippen LogP contribution in [0.2, 0.25) is 0 Å². The van der Waals surface area contributed by atoms with Crippen molar-refractivity contribution in [3.05, 3.63) is 98.2 Å². The summed E-state index contributed by atoms with van der Waals surface area (Å²) in [5.74, 6) is -0.492. The lowest BCUT2D eigenvalue weighted by atomic mass is 9.91. The molecule has 240 valence electrons. The number of halogens is 3. The van der Waals surface area contributed by atoms with Gasteiger partial charge in [0.25, 0.3) is 10.8 Å². The molecule has 0 saturated carbocycles. The summed E-state index contributed by atoms with van der Waals surface area (Å²) in [6.45, 7) is 2.90. The van der Waals surface area contributed by atoms with Gasteiger partial charge < -0.3 is 30.0 Å². The van der Waals surface area contributed by atoms with Crippen LogP contribution in [0.1, 0.15) is 31.0 Å². The molecule has 2 heterocycles. The lowest BCUT2D eigenvalue weighted by Crippen LogP contribution is -2.61. The van der Waals surface area contributed by atoms with E-state index in [9.17, 15) is 48.4 Å². The summed E-state index contributed by atoms with van der Waals surface area (Å²) in [4.78, 5) is 40.6. The smallest absolute Gasteiger partial charge is 0.416 e. The van der Waals surface area contributed by atoms with Gasteiger partial charge in [-0.3, -0.25) is 19.6 Å². The molecule has 1 aliphatic heterocycles. The minimum Gasteiger partial charge on any atom is -0.530 e. The number of nitro groups is 2. The van der Waals surface area contributed by atoms with Gasteiger partial charge in [-0.2, -0.15) is 13.2 Å². The molecule has 0 radical (unpaired) electrons. The molecular weight excluding hydrogens is 621 g/mol. The second kappa shape index (κ2) is 13.3. The molecule has 1 N–H and O–H groups in total. The molecule has 2 aromatic carbocycles. The van der Waals surface area contributed by atoms with Gasteiger partial charge in [-0.1, -0.05) is 24.3 Å². The van der Waals surface area contributed by atoms with E-state index in [0.717, 1.165) is 35.0 Å². The van der Waals surface area contributed by atoms with E-state index in [0.29, 0.717) is 10.5 Å². The maximum atomic E-state index is 13.3. The molecule has 13 nitrogen and oxygen atoms in total. The van der Waals surface area contributed by atoms with Gasteiger partial charge in [-0.05, 0) is 65.3 Å². The van der Waals surface area contributed by atoms with Gasteiger partial charge >= 0.3 is 12.0 Å². The zero-order valence-corrected chi connectivity index (χ0v) is 24.8. The Bertz CT molecular complexity index is 1580. The molecule has 3 atom stereocenters. The minimum absolute atomic E-state index is 0.0116. The number of β-amino-alcohol motifs (C(OH)–C–C–N with tert-alkyl or cyclic N) is 1. The third-order valence-corrected chi connectivity index (χ3v) is 8.15. The Balaban J connectivity index is 1.65. The number of carboxylic acid groups (broad SMARTS) is 1. The molecule has 17 heteroatoms. The summed E-state index contributed by atoms with van der Waals surface area (Å²) in [6, 6.07) is 8.13. The van der Waals surface area contributed by atoms with Gasteiger partial charge in [0.2, 0.25) is 0 Å². The molecule has 2 unspecified atom stereocenters. The highest BCUT2D eigenvalue weighted by Gasteiger charge is 2.40. The number of carbonyl (C=O) groups is 1. The van der Waals surface area contributed by atoms with Crippen LogP contribution in [-0.2, 0) is 12.7 Å². The van der Waals surface area contributed by atoms with Gasteiger partial charge in [0, 0.05) is 36.7 Å². The second-order valence-corrected chi connectivity index (χ2v) is 11.7. The van der Waals surface area contributed by atoms with Crippen molar-refractivity contribution in [1.82, 2.24) is 19.4 Å². The number of imidazole rings is 1. The molecule has 3 aromatic rings. The van der Waals surface area contributed by atoms with Gasteiger partial charge in [0.1, 0.15) is 12.3 Å². The predicted octanol–water partition coefficient (Wildman–Crippen LogP) is 4.27. The summed E-state index contributed by atoms with van der Waals surface area (Å²) in [5, 5.41) is 46.3. The number of piperazine rings is 1. The first-order valence-corrected chi connectivity index (χ1v) is 14.3. The van der Waals surface area contributed by atoms with Crippen molar-refractivity contribution >= 4 is 29.4 Å². The van der Waals surface area contributed by atoms with Crippen LogP contribution in [0.5, 0.6) is 0 Å². The first kappa shape index (κ1) is 33.4. The zero-order chi connectivity index (χ0) is 33.1. The Morgan fingerprint density at radius 3 is 2.24 bits per heavy atom. The summed E-state index contributed by atoms with van der Waals surface area (Å²) in [7, 11) is 0. The van der Waals surface area contributed by atoms with E-state index in [4.69, 9.17) is 0 Å². The summed E-state index contributed by atoms with van der Waals surface area (Å²) in [5.41, 5.74) is -2.26. The predicted molar refractivity (Wildman–Crippen MR) is 153 cm³/mol. The van der Waals surface area contributed by atoms with Crippen LogP contribution in [0.15, 0.2) is 76.9 Å². The van der Waals surface area contributed by atoms with E-state index in [1.807, 2.05) is 0 Å². The number of rotatable bonds is 10. The standard InChI is InChI=1S/C28H29F3N6O7S/c1-3-4-22-24(18-5-7-19(8-6-18)28(29,30)31)33(13-14-35(22)26(38)39)16-27(2,40)17-34-15-23(37(43)44)32-25(34)45-21-11-9-20(10-12-21)36(41)42/h3-12,15,22,24,40H,13-14,16-17H2,1-2H3,(H,38,39)/p-1/t22-,24?,27?/m0/s1. The Morgan fingerprint density at radius 1 is 1.07 bits per heavy atom. The highest BCUT2D eigenvalue weighted by atomic mass is 32.2. The summed E-state index contributed by atoms with van der Waals surface area (Å²) < 4.78 is 41.2. The Hall–Kier alpha value is -4.48. The Morgan fingerprint density at radius 2 is 1.71 bits per heavy atom. The molecule has 1 aliphatic rings. The number of hydrogen-bond acceptors (Lipinski definition) is 10. The van der Waals surface area contributed by atoms with Gasteiger partial charge in [-0.15, -0.1) is 0 Å². The van der Waals surface area contributed by atoms with Crippen molar-refractivity contribution in [3.8, 4) is 0 Å². The number of alkyl halides is 3. The van der Waals surface area contributed by atoms with E-state index >= 15 is 0 Å². The van der Waals surface area contributed by atoms with Gasteiger partial charge in [-0.25, -0.2) is 0 Å². The quantitative estimate of drug-likeness (QED) is 0.190. The van der Waals surface area contributed by atoms with Crippen LogP contribution in [0.4, 0.5) is 29.5 Å². The Kier molecular flexibility index (Phi) is 9.84. The van der Waals surface area contributed by atoms with Crippen molar-refractivity contribution in [2.45, 2.75) is 54.3 Å². The highest BCUT2D eigenvalue weighted by Crippen LogP contribution is 2.37. The first-order valence-electron chi connectivity index (χ1n) is 13.5. The van der Waals surface area contributed by atoms with Crippen LogP contribution in [-0.4, -0.2) is 71.7 Å². The number of aromatic nitrogens is 2. The summed E-state index contributed by atoms with van der Waals surface area (Å²) >= 11 is 0.991. The first-order chi connectivity index (χ1) is 21.1. The molecule has 1 aromatic heterocycles. The molecule has 1 amide bonds. The number of nitrogens with zero attached hydrogens (tertiary/aromatic N) is 6. The van der Waals surface area contributed by atoms with Crippen LogP contribution in [0.25, 0.3) is 0 Å². The van der Waals surface area contributed by atoms with Crippen molar-refractivity contribution in [3.63, 3.8) is 0 Å². The van der Waals surface area contributed by atoms with E-state index in [1.54, 1.807) is 24.0 Å². The zero-order valence-electron chi connectivity index (χ0n) is 24.0. The molecule has 0 spiro atoms. The van der Waals surface area contributed by atoms with E-state index in [-0.39, 0.29) is 37.0 Å². The fourth-order valence-electron chi connectivity index (χ4n) is 5.25. The minimum atomic E-state index is -4.58. The van der Waals surface area contributed by atoms with Crippen molar-refractivity contribution < 1.29 is 38.0 Å². The van der Waals surface area contributed by atoms with Crippen molar-refractivity contribution in [1.29, 1.82) is 0 Å². The highest BCUT2D eigenvalue weighted by molar-refractivity contribution is 7.99. The third kappa shape index (κ3) is 7.98. The molecule has 1 saturated heterocycles. The number of amides is 1. The molecule has 1 fully saturated rings. The fraction of sp³-hybridized carbons (Fsp3) is 0.357. The van der Waals surface area contributed by atoms with Crippen LogP contribution in [0.3, 0.4) is 0 Å². The molecule has 0 bridgehead atoms. The lowest BCUT2D eigenvalue weighted by molar-refractivity contribution is -0.389. The largest absolute Gasteiger partial charge is 0.530 e. The lowest BCUT2D eigenvalue weighted by Gasteiger charge is -2.49. The van der Waals surface area contributed by atoms with E-state index < -0.39 is 51.2 Å². The van der Waals surface area contributed by atoms with Gasteiger partial charge in [0.05, 0.1) is 34.7 Å². The number of non-ortho nitro benzene ring substituents is 1. The average Bonchev–Trinajstić information content (AvgIpc) is 3.34. The monoisotopic (exact) mass is 649 g/mol. The molecule has 0 aliphatic carbocycles. The number of benzene rings is 2. The second-order valence-electron chi connectivity index (χ2n) is 10.6. The number of nitro benzene ring substituents is 1. The maximum absolute atomic E-state index is 13.3. The van der Waals surface area contributed by atoms with E-state index in [1.165, 1.54) is 47.9 Å². The number of allylic oxidation sites excluding steroid dienone is 1. The third-order valence-electron chi connectivity index (χ3n) is 7.13. The molecule has 45 heavy (non-hydrogen) atoms. The van der Waals surface area contributed by atoms with Gasteiger partial charge in [0.15, 0.2) is 0 Å². The summed E-state index contributed by atoms with van der Waals surface area (Å²) in [6.07, 6.45) is -1.68. The SMILES string of the molecule is CC=C[C@H]1C(c2ccc(C(F)(F)F)cc2)N(CC(C)(O)Cn2cc([N+](=O)[O-])nc2Sc2ccc([N+](=O)[O-])cc2)CCN1C(=O)[O-]. The van der Waals surface area contributed by atoms with Crippen molar-refractivity contribution in [2.24, 2.45) is 0 Å². The normalized spacial score (nSPS) is 19.0. The van der Waals surface area contributed by atoms with Crippen LogP contribution < -0.4 is 5.11 Å². The number of hydrogen-bond donors (Lipinski definition) is 1. The fourth-order valence-corrected chi connectivity index (χ4v) is 6.11. The average molecular weight is 650 g/mol. The number of aliphatic hydroxyl groups is 1. The van der Waals surface area contributed by atoms with Crippen LogP contribution >= 0.6 is 11.8 Å². The van der Waals surface area contributed by atoms with Crippen LogP contribution in [0, 0.1) is 20.2 Å². The maximum Gasteiger partial charge on any atom is 0.416 e. The van der Waals surface area contributed by atoms with Crippen molar-refractivity contribution in [2.75, 3.05) is 19.6 Å². The topological polar surface area (TPSA) is 171 Å².